The number of hydrogen-bond acceptors (Lipinski definition) is 2. The number of hydrogen-bond donors (Lipinski definition) is 1. The van der Waals surface area contributed by atoms with Crippen molar-refractivity contribution < 1.29 is 17.9 Å². The zero-order valence-corrected chi connectivity index (χ0v) is 11.5. The number of benzene rings is 1. The predicted octanol–water partition coefficient (Wildman–Crippen LogP) is 4.05. The molecular formula is C15H20F3NO. The van der Waals surface area contributed by atoms with Gasteiger partial charge in [-0.1, -0.05) is 31.0 Å². The molecule has 112 valence electrons. The number of rotatable bonds is 4. The number of halogens is 3. The van der Waals surface area contributed by atoms with Crippen molar-refractivity contribution >= 4 is 0 Å². The summed E-state index contributed by atoms with van der Waals surface area (Å²) in [6.07, 6.45) is -1.06. The van der Waals surface area contributed by atoms with Crippen LogP contribution >= 0.6 is 0 Å². The van der Waals surface area contributed by atoms with Crippen LogP contribution in [0.4, 0.5) is 13.2 Å². The lowest BCUT2D eigenvalue weighted by Gasteiger charge is -2.36. The van der Waals surface area contributed by atoms with E-state index in [2.05, 4.69) is 0 Å². The minimum atomic E-state index is -4.39. The molecule has 1 atom stereocenters. The first-order chi connectivity index (χ1) is 9.41. The van der Waals surface area contributed by atoms with Crippen LogP contribution in [0.15, 0.2) is 24.3 Å². The Kier molecular flexibility index (Phi) is 4.39. The Morgan fingerprint density at radius 2 is 1.85 bits per heavy atom. The molecule has 1 aliphatic carbocycles. The van der Waals surface area contributed by atoms with Crippen molar-refractivity contribution in [1.29, 1.82) is 0 Å². The summed E-state index contributed by atoms with van der Waals surface area (Å²) in [5, 5.41) is 0. The van der Waals surface area contributed by atoms with Crippen molar-refractivity contribution in [1.82, 2.24) is 0 Å². The number of alkyl halides is 3. The second kappa shape index (κ2) is 5.74. The van der Waals surface area contributed by atoms with Gasteiger partial charge in [-0.2, -0.15) is 13.2 Å². The van der Waals surface area contributed by atoms with Crippen LogP contribution < -0.4 is 5.73 Å². The van der Waals surface area contributed by atoms with Crippen LogP contribution in [0.25, 0.3) is 0 Å². The van der Waals surface area contributed by atoms with Gasteiger partial charge >= 0.3 is 6.18 Å². The van der Waals surface area contributed by atoms with Gasteiger partial charge in [0.05, 0.1) is 17.2 Å². The number of nitrogens with two attached hydrogens (primary N) is 1. The second-order valence-electron chi connectivity index (χ2n) is 5.27. The molecule has 1 unspecified atom stereocenters. The molecule has 1 aliphatic rings. The summed E-state index contributed by atoms with van der Waals surface area (Å²) in [7, 11) is 0. The Bertz CT molecular complexity index is 453. The fourth-order valence-corrected chi connectivity index (χ4v) is 3.12. The Morgan fingerprint density at radius 3 is 2.40 bits per heavy atom. The highest BCUT2D eigenvalue weighted by molar-refractivity contribution is 5.34. The Hall–Kier alpha value is -1.07. The van der Waals surface area contributed by atoms with E-state index in [9.17, 15) is 13.2 Å². The molecule has 20 heavy (non-hydrogen) atoms. The van der Waals surface area contributed by atoms with Crippen LogP contribution in [0.1, 0.15) is 49.8 Å². The lowest BCUT2D eigenvalue weighted by molar-refractivity contribution is -0.139. The topological polar surface area (TPSA) is 35.2 Å². The Morgan fingerprint density at radius 1 is 1.25 bits per heavy atom. The van der Waals surface area contributed by atoms with Gasteiger partial charge in [-0.15, -0.1) is 0 Å². The summed E-state index contributed by atoms with van der Waals surface area (Å²) in [5.74, 6) is 0. The summed E-state index contributed by atoms with van der Waals surface area (Å²) < 4.78 is 45.1. The van der Waals surface area contributed by atoms with Gasteiger partial charge in [0.25, 0.3) is 0 Å². The van der Waals surface area contributed by atoms with Crippen molar-refractivity contribution in [3.63, 3.8) is 0 Å². The highest BCUT2D eigenvalue weighted by Crippen LogP contribution is 2.44. The summed E-state index contributed by atoms with van der Waals surface area (Å²) in [4.78, 5) is 0. The second-order valence-corrected chi connectivity index (χ2v) is 5.27. The van der Waals surface area contributed by atoms with Gasteiger partial charge in [0.1, 0.15) is 0 Å². The van der Waals surface area contributed by atoms with E-state index in [1.165, 1.54) is 12.1 Å². The first-order valence-electron chi connectivity index (χ1n) is 6.96. The van der Waals surface area contributed by atoms with Crippen molar-refractivity contribution in [3.05, 3.63) is 35.4 Å². The zero-order chi connectivity index (χ0) is 14.8. The van der Waals surface area contributed by atoms with Crippen LogP contribution in [-0.4, -0.2) is 12.2 Å². The lowest BCUT2D eigenvalue weighted by atomic mass is 9.85. The quantitative estimate of drug-likeness (QED) is 0.906. The normalized spacial score (nSPS) is 20.1. The molecule has 0 amide bonds. The predicted molar refractivity (Wildman–Crippen MR) is 71.2 cm³/mol. The van der Waals surface area contributed by atoms with E-state index in [1.807, 2.05) is 6.92 Å². The number of ether oxygens (including phenoxy) is 1. The molecule has 0 bridgehead atoms. The summed E-state index contributed by atoms with van der Waals surface area (Å²) in [6, 6.07) is 4.79. The van der Waals surface area contributed by atoms with E-state index >= 15 is 0 Å². The zero-order valence-electron chi connectivity index (χ0n) is 11.5. The first-order valence-corrected chi connectivity index (χ1v) is 6.96. The third-order valence-electron chi connectivity index (χ3n) is 4.05. The standard InChI is InChI=1S/C15H20F3NO/c1-2-20-14(9-5-6-10-14)13(19)11-7-3-4-8-12(11)15(16,17)18/h3-4,7-8,13H,2,5-6,9-10,19H2,1H3. The van der Waals surface area contributed by atoms with E-state index in [4.69, 9.17) is 10.5 Å². The molecule has 2 N–H and O–H groups in total. The fourth-order valence-electron chi connectivity index (χ4n) is 3.12. The maximum atomic E-state index is 13.1. The molecule has 2 nitrogen and oxygen atoms in total. The van der Waals surface area contributed by atoms with Crippen molar-refractivity contribution in [2.75, 3.05) is 6.61 Å². The van der Waals surface area contributed by atoms with Gasteiger partial charge in [0.2, 0.25) is 0 Å². The molecule has 0 heterocycles. The molecule has 1 saturated carbocycles. The van der Waals surface area contributed by atoms with Gasteiger partial charge in [-0.25, -0.2) is 0 Å². The molecule has 0 radical (unpaired) electrons. The van der Waals surface area contributed by atoms with E-state index < -0.39 is 23.4 Å². The smallest absolute Gasteiger partial charge is 0.373 e. The van der Waals surface area contributed by atoms with Crippen molar-refractivity contribution in [2.24, 2.45) is 5.73 Å². The van der Waals surface area contributed by atoms with E-state index in [0.29, 0.717) is 19.4 Å². The van der Waals surface area contributed by atoms with Crippen LogP contribution in [0.5, 0.6) is 0 Å². The molecule has 5 heteroatoms. The van der Waals surface area contributed by atoms with Gasteiger partial charge in [0.15, 0.2) is 0 Å². The summed E-state index contributed by atoms with van der Waals surface area (Å²) in [6.45, 7) is 2.31. The summed E-state index contributed by atoms with van der Waals surface area (Å²) >= 11 is 0. The van der Waals surface area contributed by atoms with Crippen LogP contribution in [-0.2, 0) is 10.9 Å². The minimum Gasteiger partial charge on any atom is -0.373 e. The maximum Gasteiger partial charge on any atom is 0.416 e. The highest BCUT2D eigenvalue weighted by atomic mass is 19.4. The average Bonchev–Trinajstić information content (AvgIpc) is 2.87. The fraction of sp³-hybridized carbons (Fsp3) is 0.600. The molecule has 0 aromatic heterocycles. The van der Waals surface area contributed by atoms with Gasteiger partial charge in [0, 0.05) is 6.61 Å². The Labute approximate surface area is 117 Å². The molecule has 0 aliphatic heterocycles. The molecule has 1 aromatic carbocycles. The molecule has 0 spiro atoms. The third kappa shape index (κ3) is 2.83. The van der Waals surface area contributed by atoms with Crippen LogP contribution in [0, 0.1) is 0 Å². The molecule has 0 saturated heterocycles. The largest absolute Gasteiger partial charge is 0.416 e. The monoisotopic (exact) mass is 287 g/mol. The first kappa shape index (κ1) is 15.3. The van der Waals surface area contributed by atoms with E-state index in [-0.39, 0.29) is 5.56 Å². The van der Waals surface area contributed by atoms with E-state index in [0.717, 1.165) is 18.9 Å². The highest BCUT2D eigenvalue weighted by Gasteiger charge is 2.44. The molecule has 1 aromatic rings. The van der Waals surface area contributed by atoms with Gasteiger partial charge < -0.3 is 10.5 Å². The van der Waals surface area contributed by atoms with Crippen LogP contribution in [0.3, 0.4) is 0 Å². The third-order valence-corrected chi connectivity index (χ3v) is 4.05. The van der Waals surface area contributed by atoms with Crippen molar-refractivity contribution in [3.8, 4) is 0 Å². The summed E-state index contributed by atoms with van der Waals surface area (Å²) in [5.41, 5.74) is 5.02. The lowest BCUT2D eigenvalue weighted by Crippen LogP contribution is -2.42. The average molecular weight is 287 g/mol. The van der Waals surface area contributed by atoms with Gasteiger partial charge in [-0.3, -0.25) is 0 Å². The molecule has 2 rings (SSSR count). The maximum absolute atomic E-state index is 13.1. The van der Waals surface area contributed by atoms with Crippen molar-refractivity contribution in [2.45, 2.75) is 50.4 Å². The molecule has 1 fully saturated rings. The Balaban J connectivity index is 2.40. The van der Waals surface area contributed by atoms with Gasteiger partial charge in [-0.05, 0) is 31.4 Å². The van der Waals surface area contributed by atoms with E-state index in [1.54, 1.807) is 6.07 Å². The molecular weight excluding hydrogens is 267 g/mol. The SMILES string of the molecule is CCOC1(C(N)c2ccccc2C(F)(F)F)CCCC1. The van der Waals surface area contributed by atoms with Crippen LogP contribution in [0.2, 0.25) is 0 Å². The minimum absolute atomic E-state index is 0.135.